The van der Waals surface area contributed by atoms with E-state index < -0.39 is 6.10 Å². The zero-order valence-corrected chi connectivity index (χ0v) is 13.9. The van der Waals surface area contributed by atoms with Gasteiger partial charge in [-0.2, -0.15) is 0 Å². The molecule has 22 heavy (non-hydrogen) atoms. The summed E-state index contributed by atoms with van der Waals surface area (Å²) in [5, 5.41) is 16.4. The van der Waals surface area contributed by atoms with Crippen LogP contribution >= 0.6 is 11.3 Å². The molecule has 0 fully saturated rings. The summed E-state index contributed by atoms with van der Waals surface area (Å²) in [5.41, 5.74) is 2.34. The molecule has 2 N–H and O–H groups in total. The van der Waals surface area contributed by atoms with Crippen molar-refractivity contribution in [3.63, 3.8) is 0 Å². The Hall–Kier alpha value is -1.36. The second-order valence-electron chi connectivity index (χ2n) is 5.92. The van der Waals surface area contributed by atoms with E-state index in [1.165, 1.54) is 23.3 Å². The van der Waals surface area contributed by atoms with Crippen molar-refractivity contribution in [2.45, 2.75) is 44.4 Å². The third-order valence-electron chi connectivity index (χ3n) is 4.45. The van der Waals surface area contributed by atoms with Gasteiger partial charge < -0.3 is 15.2 Å². The fraction of sp³-hybridized carbons (Fsp3) is 0.444. The molecule has 3 nitrogen and oxygen atoms in total. The normalized spacial score (nSPS) is 20.2. The molecule has 2 aromatic rings. The van der Waals surface area contributed by atoms with Gasteiger partial charge in [-0.25, -0.2) is 0 Å². The Morgan fingerprint density at radius 3 is 2.77 bits per heavy atom. The number of ether oxygens (including phenoxy) is 1. The van der Waals surface area contributed by atoms with Crippen molar-refractivity contribution in [3.8, 4) is 5.75 Å². The van der Waals surface area contributed by atoms with Crippen LogP contribution in [0.25, 0.3) is 0 Å². The van der Waals surface area contributed by atoms with Crippen molar-refractivity contribution >= 4 is 11.3 Å². The fourth-order valence-corrected chi connectivity index (χ4v) is 4.15. The maximum absolute atomic E-state index is 10.6. The van der Waals surface area contributed by atoms with Gasteiger partial charge in [0, 0.05) is 17.0 Å². The lowest BCUT2D eigenvalue weighted by Gasteiger charge is -2.29. The molecule has 118 valence electrons. The molecular weight excluding hydrogens is 294 g/mol. The highest BCUT2D eigenvalue weighted by Crippen LogP contribution is 2.34. The second-order valence-corrected chi connectivity index (χ2v) is 6.92. The largest absolute Gasteiger partial charge is 0.497 e. The number of hydrogen-bond acceptors (Lipinski definition) is 4. The summed E-state index contributed by atoms with van der Waals surface area (Å²) in [6.45, 7) is 2.05. The average molecular weight is 317 g/mol. The van der Waals surface area contributed by atoms with Crippen molar-refractivity contribution in [1.82, 2.24) is 5.32 Å². The quantitative estimate of drug-likeness (QED) is 0.880. The summed E-state index contributed by atoms with van der Waals surface area (Å²) in [6.07, 6.45) is 3.04. The predicted molar refractivity (Wildman–Crippen MR) is 90.5 cm³/mol. The van der Waals surface area contributed by atoms with Crippen molar-refractivity contribution in [1.29, 1.82) is 0 Å². The average Bonchev–Trinajstić information content (AvgIpc) is 3.04. The molecule has 4 heteroatoms. The van der Waals surface area contributed by atoms with Gasteiger partial charge in [0.1, 0.15) is 5.75 Å². The van der Waals surface area contributed by atoms with Crippen LogP contribution in [0.1, 0.15) is 47.9 Å². The van der Waals surface area contributed by atoms with E-state index in [-0.39, 0.29) is 6.04 Å². The molecular formula is C18H23NO2S. The zero-order chi connectivity index (χ0) is 15.5. The Bertz CT molecular complexity index is 608. The van der Waals surface area contributed by atoms with Gasteiger partial charge in [0.2, 0.25) is 0 Å². The molecule has 0 radical (unpaired) electrons. The second kappa shape index (κ2) is 6.82. The molecule has 1 heterocycles. The molecule has 0 saturated carbocycles. The van der Waals surface area contributed by atoms with Crippen LogP contribution in [0.4, 0.5) is 0 Å². The molecule has 0 spiro atoms. The first-order valence-electron chi connectivity index (χ1n) is 7.83. The van der Waals surface area contributed by atoms with Gasteiger partial charge in [-0.3, -0.25) is 0 Å². The van der Waals surface area contributed by atoms with E-state index in [1.54, 1.807) is 7.11 Å². The molecule has 3 unspecified atom stereocenters. The van der Waals surface area contributed by atoms with Crippen LogP contribution in [0, 0.1) is 0 Å². The van der Waals surface area contributed by atoms with E-state index in [2.05, 4.69) is 23.7 Å². The summed E-state index contributed by atoms with van der Waals surface area (Å²) < 4.78 is 5.16. The minimum atomic E-state index is -0.519. The molecule has 1 aliphatic carbocycles. The first-order chi connectivity index (χ1) is 10.7. The summed E-state index contributed by atoms with van der Waals surface area (Å²) in [4.78, 5) is 1.50. The Morgan fingerprint density at radius 1 is 1.27 bits per heavy atom. The van der Waals surface area contributed by atoms with Gasteiger partial charge in [-0.1, -0.05) is 12.1 Å². The van der Waals surface area contributed by atoms with Crippen LogP contribution in [0.3, 0.4) is 0 Å². The highest BCUT2D eigenvalue weighted by atomic mass is 32.1. The van der Waals surface area contributed by atoms with Crippen molar-refractivity contribution < 1.29 is 9.84 Å². The van der Waals surface area contributed by atoms with E-state index in [9.17, 15) is 5.11 Å². The number of aryl methyl sites for hydroxylation is 1. The topological polar surface area (TPSA) is 41.5 Å². The number of aliphatic hydroxyl groups excluding tert-OH is 1. The molecule has 1 aromatic carbocycles. The Morgan fingerprint density at radius 2 is 2.05 bits per heavy atom. The molecule has 0 amide bonds. The number of thiophene rings is 1. The highest BCUT2D eigenvalue weighted by Gasteiger charge is 2.25. The van der Waals surface area contributed by atoms with E-state index >= 15 is 0 Å². The van der Waals surface area contributed by atoms with E-state index in [0.29, 0.717) is 6.04 Å². The summed E-state index contributed by atoms with van der Waals surface area (Å²) in [7, 11) is 1.65. The number of rotatable bonds is 5. The molecule has 0 bridgehead atoms. The minimum Gasteiger partial charge on any atom is -0.497 e. The number of fused-ring (bicyclic) bond motifs is 1. The van der Waals surface area contributed by atoms with Gasteiger partial charge in [-0.05, 0) is 60.9 Å². The lowest BCUT2D eigenvalue weighted by molar-refractivity contribution is 0.127. The lowest BCUT2D eigenvalue weighted by Crippen LogP contribution is -2.36. The maximum Gasteiger partial charge on any atom is 0.118 e. The van der Waals surface area contributed by atoms with Gasteiger partial charge in [0.15, 0.2) is 0 Å². The minimum absolute atomic E-state index is 0.00393. The van der Waals surface area contributed by atoms with Crippen LogP contribution in [-0.4, -0.2) is 18.3 Å². The predicted octanol–water partition coefficient (Wildman–Crippen LogP) is 3.85. The smallest absolute Gasteiger partial charge is 0.118 e. The zero-order valence-electron chi connectivity index (χ0n) is 13.1. The molecule has 1 aromatic heterocycles. The van der Waals surface area contributed by atoms with Crippen molar-refractivity contribution in [2.75, 3.05) is 7.11 Å². The lowest BCUT2D eigenvalue weighted by atomic mass is 9.92. The Labute approximate surface area is 136 Å². The summed E-state index contributed by atoms with van der Waals surface area (Å²) >= 11 is 1.85. The van der Waals surface area contributed by atoms with E-state index in [0.717, 1.165) is 17.7 Å². The molecule has 3 atom stereocenters. The highest BCUT2D eigenvalue weighted by molar-refractivity contribution is 7.10. The molecule has 3 rings (SSSR count). The van der Waals surface area contributed by atoms with Crippen molar-refractivity contribution in [2.24, 2.45) is 0 Å². The molecule has 0 saturated heterocycles. The summed E-state index contributed by atoms with van der Waals surface area (Å²) in [6, 6.07) is 10.2. The van der Waals surface area contributed by atoms with Gasteiger partial charge in [0.25, 0.3) is 0 Å². The number of aliphatic hydroxyl groups is 1. The van der Waals surface area contributed by atoms with Gasteiger partial charge in [-0.15, -0.1) is 11.3 Å². The monoisotopic (exact) mass is 317 g/mol. The first kappa shape index (κ1) is 15.5. The van der Waals surface area contributed by atoms with Crippen LogP contribution in [0.2, 0.25) is 0 Å². The molecule has 0 aliphatic heterocycles. The molecule has 1 aliphatic rings. The van der Waals surface area contributed by atoms with Crippen LogP contribution < -0.4 is 10.1 Å². The Balaban J connectivity index is 1.68. The Kier molecular flexibility index (Phi) is 4.81. The summed E-state index contributed by atoms with van der Waals surface area (Å²) in [5.74, 6) is 0.812. The number of benzene rings is 1. The van der Waals surface area contributed by atoms with E-state index in [1.807, 2.05) is 35.6 Å². The fourth-order valence-electron chi connectivity index (χ4n) is 3.16. The van der Waals surface area contributed by atoms with Gasteiger partial charge >= 0.3 is 0 Å². The standard InChI is InChI=1S/C18H23NO2S/c1-12(18(20)13-6-8-14(21-2)9-7-13)19-16-4-3-5-17-15(16)10-11-22-17/h6-12,16,18-20H,3-5H2,1-2H3. The number of methoxy groups -OCH3 is 1. The first-order valence-corrected chi connectivity index (χ1v) is 8.71. The third-order valence-corrected chi connectivity index (χ3v) is 5.44. The van der Waals surface area contributed by atoms with Crippen LogP contribution in [-0.2, 0) is 6.42 Å². The van der Waals surface area contributed by atoms with Crippen molar-refractivity contribution in [3.05, 3.63) is 51.7 Å². The van der Waals surface area contributed by atoms with Crippen LogP contribution in [0.15, 0.2) is 35.7 Å². The van der Waals surface area contributed by atoms with Gasteiger partial charge in [0.05, 0.1) is 13.2 Å². The third kappa shape index (κ3) is 3.19. The van der Waals surface area contributed by atoms with E-state index in [4.69, 9.17) is 4.74 Å². The number of nitrogens with one attached hydrogen (secondary N) is 1. The van der Waals surface area contributed by atoms with Crippen LogP contribution in [0.5, 0.6) is 5.75 Å². The maximum atomic E-state index is 10.6. The number of hydrogen-bond donors (Lipinski definition) is 2. The SMILES string of the molecule is COc1ccc(C(O)C(C)NC2CCCc3sccc32)cc1.